The molecule has 3 aromatic rings. The Bertz CT molecular complexity index is 1160. The van der Waals surface area contributed by atoms with E-state index in [2.05, 4.69) is 5.32 Å². The van der Waals surface area contributed by atoms with Gasteiger partial charge in [-0.1, -0.05) is 30.3 Å². The quantitative estimate of drug-likeness (QED) is 0.560. The van der Waals surface area contributed by atoms with Gasteiger partial charge in [-0.2, -0.15) is 0 Å². The Morgan fingerprint density at radius 2 is 1.42 bits per heavy atom. The molecule has 0 radical (unpaired) electrons. The first-order valence-corrected chi connectivity index (χ1v) is 9.98. The molecule has 0 aliphatic heterocycles. The number of para-hydroxylation sites is 1. The lowest BCUT2D eigenvalue weighted by atomic mass is 10.1. The van der Waals surface area contributed by atoms with Gasteiger partial charge in [0.25, 0.3) is 17.7 Å². The zero-order valence-electron chi connectivity index (χ0n) is 18.1. The van der Waals surface area contributed by atoms with Crippen molar-refractivity contribution in [3.8, 4) is 5.75 Å². The lowest BCUT2D eigenvalue weighted by Crippen LogP contribution is -2.34. The van der Waals surface area contributed by atoms with E-state index in [1.807, 2.05) is 6.07 Å². The largest absolute Gasteiger partial charge is 0.497 e. The summed E-state index contributed by atoms with van der Waals surface area (Å²) in [5.74, 6) is -2.13. The minimum Gasteiger partial charge on any atom is -0.497 e. The van der Waals surface area contributed by atoms with Crippen molar-refractivity contribution in [3.63, 3.8) is 0 Å². The first-order chi connectivity index (χ1) is 15.9. The summed E-state index contributed by atoms with van der Waals surface area (Å²) in [5, 5.41) is 2.15. The number of nitrogens with one attached hydrogen (secondary N) is 1. The minimum absolute atomic E-state index is 0.0135. The van der Waals surface area contributed by atoms with Gasteiger partial charge in [-0.15, -0.1) is 0 Å². The number of benzene rings is 3. The van der Waals surface area contributed by atoms with Crippen molar-refractivity contribution in [3.05, 3.63) is 95.6 Å². The Morgan fingerprint density at radius 3 is 2.06 bits per heavy atom. The van der Waals surface area contributed by atoms with Crippen LogP contribution in [-0.2, 0) is 9.53 Å². The van der Waals surface area contributed by atoms with Gasteiger partial charge < -0.3 is 14.4 Å². The average molecular weight is 446 g/mol. The summed E-state index contributed by atoms with van der Waals surface area (Å²) in [6, 6.07) is 21.3. The zero-order valence-corrected chi connectivity index (χ0v) is 18.1. The highest BCUT2D eigenvalue weighted by atomic mass is 16.5. The van der Waals surface area contributed by atoms with Crippen LogP contribution in [0.4, 0.5) is 5.69 Å². The molecule has 0 saturated heterocycles. The lowest BCUT2D eigenvalue weighted by molar-refractivity contribution is -0.123. The van der Waals surface area contributed by atoms with Crippen LogP contribution in [0.5, 0.6) is 5.75 Å². The van der Waals surface area contributed by atoms with Gasteiger partial charge in [-0.3, -0.25) is 19.7 Å². The first-order valence-electron chi connectivity index (χ1n) is 9.98. The van der Waals surface area contributed by atoms with Gasteiger partial charge in [0.2, 0.25) is 0 Å². The van der Waals surface area contributed by atoms with Crippen molar-refractivity contribution in [2.45, 2.75) is 0 Å². The number of ether oxygens (including phenoxy) is 2. The highest BCUT2D eigenvalue weighted by Crippen LogP contribution is 2.18. The van der Waals surface area contributed by atoms with E-state index >= 15 is 0 Å². The van der Waals surface area contributed by atoms with Gasteiger partial charge in [0.05, 0.1) is 18.2 Å². The number of anilines is 1. The van der Waals surface area contributed by atoms with Crippen LogP contribution in [0.15, 0.2) is 78.9 Å². The summed E-state index contributed by atoms with van der Waals surface area (Å²) in [6.45, 7) is -0.683. The predicted molar refractivity (Wildman–Crippen MR) is 121 cm³/mol. The number of rotatable bonds is 7. The van der Waals surface area contributed by atoms with E-state index in [-0.39, 0.29) is 16.7 Å². The number of nitrogens with zero attached hydrogens (tertiary/aromatic N) is 1. The van der Waals surface area contributed by atoms with Crippen LogP contribution >= 0.6 is 0 Å². The standard InChI is InChI=1S/C25H22N2O6/c1-27(18-8-4-3-5-9-18)24(30)20-10-6-7-11-21(20)25(31)33-16-22(28)26-23(29)17-12-14-19(32-2)15-13-17/h3-15H,16H2,1-2H3,(H,26,28,29). The monoisotopic (exact) mass is 446 g/mol. The van der Waals surface area contributed by atoms with E-state index in [4.69, 9.17) is 9.47 Å². The Balaban J connectivity index is 1.63. The average Bonchev–Trinajstić information content (AvgIpc) is 2.86. The number of hydrogen-bond donors (Lipinski definition) is 1. The van der Waals surface area contributed by atoms with Gasteiger partial charge >= 0.3 is 5.97 Å². The maximum atomic E-state index is 12.9. The molecule has 1 N–H and O–H groups in total. The highest BCUT2D eigenvalue weighted by Gasteiger charge is 2.22. The summed E-state index contributed by atoms with van der Waals surface area (Å²) >= 11 is 0. The normalized spacial score (nSPS) is 10.1. The van der Waals surface area contributed by atoms with Crippen LogP contribution < -0.4 is 15.0 Å². The van der Waals surface area contributed by atoms with Gasteiger partial charge in [-0.05, 0) is 48.5 Å². The maximum absolute atomic E-state index is 12.9. The molecule has 0 spiro atoms. The third-order valence-corrected chi connectivity index (χ3v) is 4.77. The number of carbonyl (C=O) groups is 4. The second-order valence-electron chi connectivity index (χ2n) is 6.93. The number of esters is 1. The van der Waals surface area contributed by atoms with E-state index in [1.54, 1.807) is 55.6 Å². The molecule has 0 unspecified atom stereocenters. The Labute approximate surface area is 190 Å². The Kier molecular flexibility index (Phi) is 7.54. The molecular weight excluding hydrogens is 424 g/mol. The number of amides is 3. The van der Waals surface area contributed by atoms with E-state index in [1.165, 1.54) is 36.3 Å². The van der Waals surface area contributed by atoms with Crippen LogP contribution in [-0.4, -0.2) is 44.5 Å². The van der Waals surface area contributed by atoms with Crippen LogP contribution in [0.2, 0.25) is 0 Å². The molecule has 0 fully saturated rings. The molecule has 0 bridgehead atoms. The summed E-state index contributed by atoms with van der Waals surface area (Å²) in [7, 11) is 3.09. The summed E-state index contributed by atoms with van der Waals surface area (Å²) < 4.78 is 10.1. The third-order valence-electron chi connectivity index (χ3n) is 4.77. The molecule has 3 aromatic carbocycles. The molecule has 0 aromatic heterocycles. The molecule has 3 rings (SSSR count). The van der Waals surface area contributed by atoms with Crippen molar-refractivity contribution in [1.29, 1.82) is 0 Å². The number of carbonyl (C=O) groups excluding carboxylic acids is 4. The molecular formula is C25H22N2O6. The van der Waals surface area contributed by atoms with Crippen LogP contribution in [0.25, 0.3) is 0 Å². The fourth-order valence-electron chi connectivity index (χ4n) is 2.98. The first kappa shape index (κ1) is 23.2. The predicted octanol–water partition coefficient (Wildman–Crippen LogP) is 3.09. The smallest absolute Gasteiger partial charge is 0.339 e. The van der Waals surface area contributed by atoms with Crippen molar-refractivity contribution >= 4 is 29.4 Å². The second-order valence-corrected chi connectivity index (χ2v) is 6.93. The van der Waals surface area contributed by atoms with Crippen molar-refractivity contribution < 1.29 is 28.7 Å². The summed E-state index contributed by atoms with van der Waals surface area (Å²) in [6.07, 6.45) is 0. The lowest BCUT2D eigenvalue weighted by Gasteiger charge is -2.18. The highest BCUT2D eigenvalue weighted by molar-refractivity contribution is 6.12. The van der Waals surface area contributed by atoms with E-state index < -0.39 is 30.3 Å². The van der Waals surface area contributed by atoms with Gasteiger partial charge in [0.15, 0.2) is 6.61 Å². The molecule has 0 aliphatic carbocycles. The van der Waals surface area contributed by atoms with E-state index in [0.29, 0.717) is 11.4 Å². The number of hydrogen-bond acceptors (Lipinski definition) is 6. The van der Waals surface area contributed by atoms with Gasteiger partial charge in [-0.25, -0.2) is 4.79 Å². The van der Waals surface area contributed by atoms with Gasteiger partial charge in [0.1, 0.15) is 5.75 Å². The number of methoxy groups -OCH3 is 1. The Hall–Kier alpha value is -4.46. The van der Waals surface area contributed by atoms with Crippen molar-refractivity contribution in [2.24, 2.45) is 0 Å². The minimum atomic E-state index is -0.854. The molecule has 0 heterocycles. The molecule has 8 heteroatoms. The van der Waals surface area contributed by atoms with Crippen LogP contribution in [0.3, 0.4) is 0 Å². The SMILES string of the molecule is COc1ccc(C(=O)NC(=O)COC(=O)c2ccccc2C(=O)N(C)c2ccccc2)cc1. The zero-order chi connectivity index (χ0) is 23.8. The molecule has 168 valence electrons. The van der Waals surface area contributed by atoms with E-state index in [9.17, 15) is 19.2 Å². The Morgan fingerprint density at radius 1 is 0.818 bits per heavy atom. The van der Waals surface area contributed by atoms with Crippen LogP contribution in [0.1, 0.15) is 31.1 Å². The molecule has 3 amide bonds. The topological polar surface area (TPSA) is 102 Å². The molecule has 8 nitrogen and oxygen atoms in total. The maximum Gasteiger partial charge on any atom is 0.339 e. The van der Waals surface area contributed by atoms with E-state index in [0.717, 1.165) is 0 Å². The fraction of sp³-hybridized carbons (Fsp3) is 0.120. The second kappa shape index (κ2) is 10.7. The fourth-order valence-corrected chi connectivity index (χ4v) is 2.98. The third kappa shape index (κ3) is 5.82. The summed E-state index contributed by atoms with van der Waals surface area (Å²) in [5.41, 5.74) is 1.04. The van der Waals surface area contributed by atoms with Crippen molar-refractivity contribution in [1.82, 2.24) is 5.32 Å². The molecule has 0 atom stereocenters. The van der Waals surface area contributed by atoms with Crippen LogP contribution in [0, 0.1) is 0 Å². The van der Waals surface area contributed by atoms with Crippen molar-refractivity contribution in [2.75, 3.05) is 25.7 Å². The summed E-state index contributed by atoms with van der Waals surface area (Å²) in [4.78, 5) is 51.2. The van der Waals surface area contributed by atoms with Gasteiger partial charge in [0, 0.05) is 18.3 Å². The molecule has 0 aliphatic rings. The molecule has 0 saturated carbocycles. The molecule has 33 heavy (non-hydrogen) atoms. The number of imide groups is 1.